The van der Waals surface area contributed by atoms with Crippen molar-refractivity contribution in [2.75, 3.05) is 26.7 Å². The van der Waals surface area contributed by atoms with Crippen LogP contribution in [0.25, 0.3) is 0 Å². The molecule has 1 aromatic rings. The summed E-state index contributed by atoms with van der Waals surface area (Å²) in [6.45, 7) is 8.16. The molecule has 0 aliphatic carbocycles. The Morgan fingerprint density at radius 2 is 1.95 bits per heavy atom. The van der Waals surface area contributed by atoms with Gasteiger partial charge < -0.3 is 9.64 Å². The van der Waals surface area contributed by atoms with Crippen LogP contribution in [0.3, 0.4) is 0 Å². The van der Waals surface area contributed by atoms with Crippen molar-refractivity contribution in [3.63, 3.8) is 0 Å². The third kappa shape index (κ3) is 5.31. The predicted molar refractivity (Wildman–Crippen MR) is 81.6 cm³/mol. The molecule has 0 saturated heterocycles. The highest BCUT2D eigenvalue weighted by atomic mass is 16.5. The predicted octanol–water partition coefficient (Wildman–Crippen LogP) is 2.22. The first kappa shape index (κ1) is 16.7. The van der Waals surface area contributed by atoms with Crippen molar-refractivity contribution in [1.82, 2.24) is 10.2 Å². The van der Waals surface area contributed by atoms with E-state index in [4.69, 9.17) is 4.74 Å². The van der Waals surface area contributed by atoms with Gasteiger partial charge in [-0.2, -0.15) is 0 Å². The summed E-state index contributed by atoms with van der Waals surface area (Å²) in [5.74, 6) is -0.217. The first-order valence-electron chi connectivity index (χ1n) is 7.21. The van der Waals surface area contributed by atoms with Gasteiger partial charge in [-0.25, -0.2) is 4.79 Å². The molecule has 4 nitrogen and oxygen atoms in total. The molecule has 0 saturated carbocycles. The number of benzene rings is 1. The third-order valence-electron chi connectivity index (χ3n) is 3.35. The molecule has 0 amide bonds. The van der Waals surface area contributed by atoms with Crippen LogP contribution in [0.4, 0.5) is 0 Å². The van der Waals surface area contributed by atoms with Crippen molar-refractivity contribution in [2.24, 2.45) is 0 Å². The van der Waals surface area contributed by atoms with Gasteiger partial charge in [0.2, 0.25) is 0 Å². The summed E-state index contributed by atoms with van der Waals surface area (Å²) < 4.78 is 5.15. The standard InChI is InChI=1S/C16H26N2O2/c1-5-20-16(19)15(14-9-7-6-8-10-14)17-11-12-18(4)13(2)3/h6-10,13,15,17H,5,11-12H2,1-4H3. The maximum Gasteiger partial charge on any atom is 0.327 e. The van der Waals surface area contributed by atoms with E-state index >= 15 is 0 Å². The second kappa shape index (κ2) is 8.72. The molecule has 0 heterocycles. The van der Waals surface area contributed by atoms with Gasteiger partial charge in [-0.3, -0.25) is 5.32 Å². The molecule has 4 heteroatoms. The molecule has 112 valence electrons. The molecular formula is C16H26N2O2. The van der Waals surface area contributed by atoms with E-state index in [0.29, 0.717) is 12.6 Å². The Bertz CT molecular complexity index is 393. The maximum absolute atomic E-state index is 12.1. The number of carbonyl (C=O) groups excluding carboxylic acids is 1. The number of likely N-dealkylation sites (N-methyl/N-ethyl adjacent to an activating group) is 1. The van der Waals surface area contributed by atoms with Crippen LogP contribution in [0.1, 0.15) is 32.4 Å². The summed E-state index contributed by atoms with van der Waals surface area (Å²) in [4.78, 5) is 14.3. The number of rotatable bonds is 8. The van der Waals surface area contributed by atoms with Crippen LogP contribution >= 0.6 is 0 Å². The molecule has 1 aromatic carbocycles. The second-order valence-electron chi connectivity index (χ2n) is 5.12. The smallest absolute Gasteiger partial charge is 0.327 e. The first-order valence-corrected chi connectivity index (χ1v) is 7.21. The van der Waals surface area contributed by atoms with Crippen LogP contribution < -0.4 is 5.32 Å². The Kier molecular flexibility index (Phi) is 7.26. The molecule has 0 aliphatic heterocycles. The number of hydrogen-bond acceptors (Lipinski definition) is 4. The Balaban J connectivity index is 2.62. The molecule has 20 heavy (non-hydrogen) atoms. The largest absolute Gasteiger partial charge is 0.465 e. The minimum Gasteiger partial charge on any atom is -0.465 e. The van der Waals surface area contributed by atoms with E-state index in [1.54, 1.807) is 0 Å². The lowest BCUT2D eigenvalue weighted by Gasteiger charge is -2.23. The normalized spacial score (nSPS) is 12.7. The summed E-state index contributed by atoms with van der Waals surface area (Å²) in [6, 6.07) is 9.80. The molecule has 1 unspecified atom stereocenters. The van der Waals surface area contributed by atoms with Gasteiger partial charge in [-0.15, -0.1) is 0 Å². The molecule has 0 fully saturated rings. The van der Waals surface area contributed by atoms with Crippen LogP contribution in [-0.2, 0) is 9.53 Å². The minimum atomic E-state index is -0.392. The van der Waals surface area contributed by atoms with Gasteiger partial charge in [0.15, 0.2) is 0 Å². The van der Waals surface area contributed by atoms with Gasteiger partial charge in [0, 0.05) is 19.1 Å². The van der Waals surface area contributed by atoms with Crippen molar-refractivity contribution >= 4 is 5.97 Å². The molecular weight excluding hydrogens is 252 g/mol. The van der Waals surface area contributed by atoms with E-state index in [-0.39, 0.29) is 5.97 Å². The summed E-state index contributed by atoms with van der Waals surface area (Å²) >= 11 is 0. The Morgan fingerprint density at radius 3 is 2.50 bits per heavy atom. The van der Waals surface area contributed by atoms with Crippen molar-refractivity contribution in [3.05, 3.63) is 35.9 Å². The van der Waals surface area contributed by atoms with Crippen molar-refractivity contribution < 1.29 is 9.53 Å². The van der Waals surface area contributed by atoms with E-state index < -0.39 is 6.04 Å². The monoisotopic (exact) mass is 278 g/mol. The highest BCUT2D eigenvalue weighted by Gasteiger charge is 2.21. The van der Waals surface area contributed by atoms with E-state index in [2.05, 4.69) is 31.1 Å². The fourth-order valence-corrected chi connectivity index (χ4v) is 1.85. The van der Waals surface area contributed by atoms with E-state index in [1.165, 1.54) is 0 Å². The molecule has 0 bridgehead atoms. The van der Waals surface area contributed by atoms with Gasteiger partial charge in [0.05, 0.1) is 6.61 Å². The Labute approximate surface area is 122 Å². The maximum atomic E-state index is 12.1. The van der Waals surface area contributed by atoms with Gasteiger partial charge in [-0.1, -0.05) is 30.3 Å². The summed E-state index contributed by atoms with van der Waals surface area (Å²) in [7, 11) is 2.08. The molecule has 0 radical (unpaired) electrons. The van der Waals surface area contributed by atoms with Gasteiger partial charge in [0.1, 0.15) is 6.04 Å². The number of carbonyl (C=O) groups is 1. The molecule has 1 atom stereocenters. The minimum absolute atomic E-state index is 0.217. The number of nitrogens with zero attached hydrogens (tertiary/aromatic N) is 1. The fourth-order valence-electron chi connectivity index (χ4n) is 1.85. The van der Waals surface area contributed by atoms with Gasteiger partial charge in [0.25, 0.3) is 0 Å². The van der Waals surface area contributed by atoms with Crippen LogP contribution in [0.5, 0.6) is 0 Å². The molecule has 0 aliphatic rings. The number of nitrogens with one attached hydrogen (secondary N) is 1. The lowest BCUT2D eigenvalue weighted by Crippen LogP contribution is -2.38. The van der Waals surface area contributed by atoms with Crippen LogP contribution in [0.2, 0.25) is 0 Å². The number of ether oxygens (including phenoxy) is 1. The lowest BCUT2D eigenvalue weighted by atomic mass is 10.1. The zero-order valence-electron chi connectivity index (χ0n) is 12.9. The van der Waals surface area contributed by atoms with Crippen molar-refractivity contribution in [3.8, 4) is 0 Å². The summed E-state index contributed by atoms with van der Waals surface area (Å²) in [5.41, 5.74) is 0.943. The SMILES string of the molecule is CCOC(=O)C(NCCN(C)C(C)C)c1ccccc1. The molecule has 0 spiro atoms. The average molecular weight is 278 g/mol. The number of hydrogen-bond donors (Lipinski definition) is 1. The average Bonchev–Trinajstić information content (AvgIpc) is 2.44. The molecule has 1 rings (SSSR count). The Hall–Kier alpha value is -1.39. The zero-order chi connectivity index (χ0) is 15.0. The molecule has 0 aromatic heterocycles. The fraction of sp³-hybridized carbons (Fsp3) is 0.562. The topological polar surface area (TPSA) is 41.6 Å². The number of esters is 1. The Morgan fingerprint density at radius 1 is 1.30 bits per heavy atom. The summed E-state index contributed by atoms with van der Waals surface area (Å²) in [6.07, 6.45) is 0. The van der Waals surface area contributed by atoms with Crippen molar-refractivity contribution in [2.45, 2.75) is 32.9 Å². The third-order valence-corrected chi connectivity index (χ3v) is 3.35. The molecule has 1 N–H and O–H groups in total. The van der Waals surface area contributed by atoms with E-state index in [1.807, 2.05) is 37.3 Å². The summed E-state index contributed by atoms with van der Waals surface area (Å²) in [5, 5.41) is 3.29. The second-order valence-corrected chi connectivity index (χ2v) is 5.12. The van der Waals surface area contributed by atoms with Crippen molar-refractivity contribution in [1.29, 1.82) is 0 Å². The van der Waals surface area contributed by atoms with E-state index in [0.717, 1.165) is 18.7 Å². The first-order chi connectivity index (χ1) is 9.56. The van der Waals surface area contributed by atoms with Crippen LogP contribution in [-0.4, -0.2) is 43.7 Å². The van der Waals surface area contributed by atoms with Gasteiger partial charge >= 0.3 is 5.97 Å². The zero-order valence-corrected chi connectivity index (χ0v) is 12.9. The highest BCUT2D eigenvalue weighted by Crippen LogP contribution is 2.14. The van der Waals surface area contributed by atoms with Crippen LogP contribution in [0, 0.1) is 0 Å². The van der Waals surface area contributed by atoms with Crippen LogP contribution in [0.15, 0.2) is 30.3 Å². The van der Waals surface area contributed by atoms with Gasteiger partial charge in [-0.05, 0) is 33.4 Å². The highest BCUT2D eigenvalue weighted by molar-refractivity contribution is 5.77. The van der Waals surface area contributed by atoms with E-state index in [9.17, 15) is 4.79 Å². The lowest BCUT2D eigenvalue weighted by molar-refractivity contribution is -0.145. The quantitative estimate of drug-likeness (QED) is 0.740.